The minimum absolute atomic E-state index is 0.0417. The number of carbonyl (C=O) groups is 1. The number of nitrogens with one attached hydrogen (secondary N) is 2. The van der Waals surface area contributed by atoms with E-state index >= 15 is 0 Å². The van der Waals surface area contributed by atoms with Crippen molar-refractivity contribution in [3.05, 3.63) is 36.0 Å². The second kappa shape index (κ2) is 5.27. The van der Waals surface area contributed by atoms with Gasteiger partial charge in [0.1, 0.15) is 0 Å². The Kier molecular flexibility index (Phi) is 3.48. The molecule has 100 valence electrons. The summed E-state index contributed by atoms with van der Waals surface area (Å²) >= 11 is 1.76. The standard InChI is InChI=1S/C14H17N3OS/c1-17-7-10(11-4-2-3-5-13(11)17)6-15-14(18)12-8-19-9-16-12/h2-5,7,12,16H,6,8-9H2,1H3,(H,15,18). The lowest BCUT2D eigenvalue weighted by atomic mass is 10.2. The summed E-state index contributed by atoms with van der Waals surface area (Å²) in [6.45, 7) is 0.586. The average Bonchev–Trinajstić information content (AvgIpc) is 3.06. The zero-order chi connectivity index (χ0) is 13.2. The second-order valence-electron chi connectivity index (χ2n) is 4.77. The maximum Gasteiger partial charge on any atom is 0.238 e. The number of nitrogens with zero attached hydrogens (tertiary/aromatic N) is 1. The molecule has 1 amide bonds. The molecule has 1 unspecified atom stereocenters. The first-order valence-electron chi connectivity index (χ1n) is 6.37. The van der Waals surface area contributed by atoms with Crippen molar-refractivity contribution in [3.8, 4) is 0 Å². The molecule has 1 fully saturated rings. The van der Waals surface area contributed by atoms with Gasteiger partial charge < -0.3 is 9.88 Å². The number of fused-ring (bicyclic) bond motifs is 1. The fraction of sp³-hybridized carbons (Fsp3) is 0.357. The van der Waals surface area contributed by atoms with E-state index in [9.17, 15) is 4.79 Å². The zero-order valence-corrected chi connectivity index (χ0v) is 11.7. The highest BCUT2D eigenvalue weighted by atomic mass is 32.2. The summed E-state index contributed by atoms with van der Waals surface area (Å²) in [4.78, 5) is 12.0. The molecule has 1 aromatic heterocycles. The molecule has 5 heteroatoms. The number of thioether (sulfide) groups is 1. The third-order valence-electron chi connectivity index (χ3n) is 3.47. The van der Waals surface area contributed by atoms with E-state index in [0.717, 1.165) is 17.2 Å². The number of carbonyl (C=O) groups excluding carboxylic acids is 1. The first-order valence-corrected chi connectivity index (χ1v) is 7.53. The number of hydrogen-bond acceptors (Lipinski definition) is 3. The van der Waals surface area contributed by atoms with Crippen molar-refractivity contribution in [2.24, 2.45) is 7.05 Å². The van der Waals surface area contributed by atoms with Crippen LogP contribution in [0.5, 0.6) is 0 Å². The molecule has 2 N–H and O–H groups in total. The second-order valence-corrected chi connectivity index (χ2v) is 5.80. The predicted octanol–water partition coefficient (Wildman–Crippen LogP) is 1.46. The van der Waals surface area contributed by atoms with Gasteiger partial charge in [0.2, 0.25) is 5.91 Å². The summed E-state index contributed by atoms with van der Waals surface area (Å²) in [5, 5.41) is 7.41. The lowest BCUT2D eigenvalue weighted by Crippen LogP contribution is -2.41. The van der Waals surface area contributed by atoms with Crippen LogP contribution >= 0.6 is 11.8 Å². The van der Waals surface area contributed by atoms with Crippen molar-refractivity contribution in [1.82, 2.24) is 15.2 Å². The van der Waals surface area contributed by atoms with Crippen LogP contribution < -0.4 is 10.6 Å². The zero-order valence-electron chi connectivity index (χ0n) is 10.8. The third kappa shape index (κ3) is 2.48. The number of para-hydroxylation sites is 1. The summed E-state index contributed by atoms with van der Waals surface area (Å²) in [5.74, 6) is 1.83. The molecule has 0 bridgehead atoms. The lowest BCUT2D eigenvalue weighted by Gasteiger charge is -2.09. The molecule has 1 aliphatic heterocycles. The van der Waals surface area contributed by atoms with Crippen LogP contribution in [0.15, 0.2) is 30.5 Å². The third-order valence-corrected chi connectivity index (χ3v) is 4.41. The monoisotopic (exact) mass is 275 g/mol. The fourth-order valence-corrected chi connectivity index (χ4v) is 3.38. The molecular formula is C14H17N3OS. The SMILES string of the molecule is Cn1cc(CNC(=O)C2CSCN2)c2ccccc21. The topological polar surface area (TPSA) is 46.1 Å². The van der Waals surface area contributed by atoms with Crippen molar-refractivity contribution in [1.29, 1.82) is 0 Å². The molecule has 1 atom stereocenters. The van der Waals surface area contributed by atoms with Crippen molar-refractivity contribution >= 4 is 28.6 Å². The number of rotatable bonds is 3. The van der Waals surface area contributed by atoms with E-state index in [1.165, 1.54) is 10.9 Å². The molecule has 1 aromatic carbocycles. The highest BCUT2D eigenvalue weighted by Crippen LogP contribution is 2.20. The minimum Gasteiger partial charge on any atom is -0.351 e. The van der Waals surface area contributed by atoms with Gasteiger partial charge in [-0.1, -0.05) is 18.2 Å². The largest absolute Gasteiger partial charge is 0.351 e. The van der Waals surface area contributed by atoms with Gasteiger partial charge in [-0.25, -0.2) is 0 Å². The maximum absolute atomic E-state index is 12.0. The van der Waals surface area contributed by atoms with Crippen molar-refractivity contribution < 1.29 is 4.79 Å². The van der Waals surface area contributed by atoms with Gasteiger partial charge in [-0.05, 0) is 11.6 Å². The Bertz CT molecular complexity index is 602. The van der Waals surface area contributed by atoms with Crippen LogP contribution in [0.3, 0.4) is 0 Å². The van der Waals surface area contributed by atoms with E-state index in [-0.39, 0.29) is 11.9 Å². The van der Waals surface area contributed by atoms with Crippen LogP contribution in [0.1, 0.15) is 5.56 Å². The van der Waals surface area contributed by atoms with Crippen molar-refractivity contribution in [2.75, 3.05) is 11.6 Å². The smallest absolute Gasteiger partial charge is 0.238 e. The fourth-order valence-electron chi connectivity index (χ4n) is 2.44. The Morgan fingerprint density at radius 3 is 3.16 bits per heavy atom. The van der Waals surface area contributed by atoms with Gasteiger partial charge in [-0.15, -0.1) is 11.8 Å². The molecule has 19 heavy (non-hydrogen) atoms. The number of aromatic nitrogens is 1. The van der Waals surface area contributed by atoms with Gasteiger partial charge in [0.25, 0.3) is 0 Å². The Hall–Kier alpha value is -1.46. The van der Waals surface area contributed by atoms with Crippen LogP contribution in [-0.2, 0) is 18.4 Å². The van der Waals surface area contributed by atoms with Crippen molar-refractivity contribution in [2.45, 2.75) is 12.6 Å². The van der Waals surface area contributed by atoms with Crippen LogP contribution in [0.2, 0.25) is 0 Å². The molecule has 0 saturated carbocycles. The summed E-state index contributed by atoms with van der Waals surface area (Å²) < 4.78 is 2.10. The number of hydrogen-bond donors (Lipinski definition) is 2. The molecule has 2 heterocycles. The number of amides is 1. The maximum atomic E-state index is 12.0. The molecule has 0 radical (unpaired) electrons. The van der Waals surface area contributed by atoms with Gasteiger partial charge in [0, 0.05) is 42.3 Å². The summed E-state index contributed by atoms with van der Waals surface area (Å²) in [5.41, 5.74) is 2.36. The van der Waals surface area contributed by atoms with E-state index in [1.54, 1.807) is 11.8 Å². The van der Waals surface area contributed by atoms with Crippen LogP contribution in [0.25, 0.3) is 10.9 Å². The first kappa shape index (κ1) is 12.6. The summed E-state index contributed by atoms with van der Waals surface area (Å²) in [6.07, 6.45) is 2.09. The molecule has 1 saturated heterocycles. The van der Waals surface area contributed by atoms with E-state index in [0.29, 0.717) is 6.54 Å². The minimum atomic E-state index is -0.0417. The van der Waals surface area contributed by atoms with Gasteiger partial charge in [0.05, 0.1) is 6.04 Å². The normalized spacial score (nSPS) is 18.9. The molecule has 1 aliphatic rings. The quantitative estimate of drug-likeness (QED) is 0.891. The lowest BCUT2D eigenvalue weighted by molar-refractivity contribution is -0.122. The molecule has 3 rings (SSSR count). The number of aryl methyl sites for hydroxylation is 1. The predicted molar refractivity (Wildman–Crippen MR) is 79.0 cm³/mol. The van der Waals surface area contributed by atoms with Crippen LogP contribution in [0.4, 0.5) is 0 Å². The highest BCUT2D eigenvalue weighted by Gasteiger charge is 2.22. The molecule has 2 aromatic rings. The molecular weight excluding hydrogens is 258 g/mol. The molecule has 0 spiro atoms. The summed E-state index contributed by atoms with van der Waals surface area (Å²) in [6, 6.07) is 8.21. The van der Waals surface area contributed by atoms with Gasteiger partial charge >= 0.3 is 0 Å². The van der Waals surface area contributed by atoms with E-state index < -0.39 is 0 Å². The average molecular weight is 275 g/mol. The number of benzene rings is 1. The van der Waals surface area contributed by atoms with Crippen molar-refractivity contribution in [3.63, 3.8) is 0 Å². The highest BCUT2D eigenvalue weighted by molar-refractivity contribution is 7.99. The molecule has 4 nitrogen and oxygen atoms in total. The van der Waals surface area contributed by atoms with Crippen LogP contribution in [0, 0.1) is 0 Å². The van der Waals surface area contributed by atoms with Gasteiger partial charge in [0.15, 0.2) is 0 Å². The first-order chi connectivity index (χ1) is 9.25. The Balaban J connectivity index is 1.73. The summed E-state index contributed by atoms with van der Waals surface area (Å²) in [7, 11) is 2.03. The van der Waals surface area contributed by atoms with E-state index in [4.69, 9.17) is 0 Å². The Labute approximate surface area is 116 Å². The van der Waals surface area contributed by atoms with E-state index in [1.807, 2.05) is 19.2 Å². The Morgan fingerprint density at radius 1 is 1.53 bits per heavy atom. The van der Waals surface area contributed by atoms with E-state index in [2.05, 4.69) is 33.5 Å². The molecule has 0 aliphatic carbocycles. The van der Waals surface area contributed by atoms with Gasteiger partial charge in [-0.3, -0.25) is 10.1 Å². The van der Waals surface area contributed by atoms with Crippen LogP contribution in [-0.4, -0.2) is 28.1 Å². The van der Waals surface area contributed by atoms with Gasteiger partial charge in [-0.2, -0.15) is 0 Å². The Morgan fingerprint density at radius 2 is 2.37 bits per heavy atom.